The largest absolute Gasteiger partial charge is 0.466 e. The third-order valence-corrected chi connectivity index (χ3v) is 8.20. The number of nitrogens with zero attached hydrogens (tertiary/aromatic N) is 4. The van der Waals surface area contributed by atoms with E-state index in [0.717, 1.165) is 51.9 Å². The highest BCUT2D eigenvalue weighted by Gasteiger charge is 2.44. The fourth-order valence-corrected chi connectivity index (χ4v) is 6.37. The number of piperazine rings is 1. The van der Waals surface area contributed by atoms with Crippen LogP contribution in [0.4, 0.5) is 5.69 Å². The Morgan fingerprint density at radius 2 is 1.71 bits per heavy atom. The molecule has 1 aromatic rings. The van der Waals surface area contributed by atoms with Gasteiger partial charge in [0.1, 0.15) is 0 Å². The summed E-state index contributed by atoms with van der Waals surface area (Å²) in [6.45, 7) is 7.83. The lowest BCUT2D eigenvalue weighted by atomic mass is 9.82. The Morgan fingerprint density at radius 3 is 2.51 bits per heavy atom. The van der Waals surface area contributed by atoms with E-state index in [0.29, 0.717) is 39.2 Å². The van der Waals surface area contributed by atoms with E-state index in [4.69, 9.17) is 4.74 Å². The number of rotatable bonds is 5. The highest BCUT2D eigenvalue weighted by Crippen LogP contribution is 2.37. The van der Waals surface area contributed by atoms with E-state index in [1.54, 1.807) is 0 Å². The molecule has 0 bridgehead atoms. The first-order chi connectivity index (χ1) is 17.0. The van der Waals surface area contributed by atoms with Gasteiger partial charge < -0.3 is 19.4 Å². The second-order valence-corrected chi connectivity index (χ2v) is 10.4. The van der Waals surface area contributed by atoms with E-state index in [-0.39, 0.29) is 35.7 Å². The summed E-state index contributed by atoms with van der Waals surface area (Å²) >= 11 is 0. The minimum atomic E-state index is -0.236. The Hall–Kier alpha value is -2.61. The summed E-state index contributed by atoms with van der Waals surface area (Å²) in [5.41, 5.74) is 2.43. The topological polar surface area (TPSA) is 73.4 Å². The second-order valence-electron chi connectivity index (χ2n) is 10.4. The summed E-state index contributed by atoms with van der Waals surface area (Å²) in [5, 5.41) is 0. The Morgan fingerprint density at radius 1 is 0.943 bits per heavy atom. The van der Waals surface area contributed by atoms with Crippen LogP contribution < -0.4 is 4.90 Å². The second kappa shape index (κ2) is 10.6. The molecule has 8 heteroatoms. The van der Waals surface area contributed by atoms with Crippen molar-refractivity contribution in [1.29, 1.82) is 0 Å². The molecule has 3 unspecified atom stereocenters. The lowest BCUT2D eigenvalue weighted by molar-refractivity contribution is -0.152. The van der Waals surface area contributed by atoms with Gasteiger partial charge in [-0.15, -0.1) is 0 Å². The molecule has 4 heterocycles. The van der Waals surface area contributed by atoms with Crippen LogP contribution in [0.1, 0.15) is 38.2 Å². The molecule has 0 aromatic heterocycles. The highest BCUT2D eigenvalue weighted by atomic mass is 16.5. The van der Waals surface area contributed by atoms with Gasteiger partial charge in [0.05, 0.1) is 31.0 Å². The van der Waals surface area contributed by atoms with Gasteiger partial charge in [-0.05, 0) is 50.7 Å². The van der Waals surface area contributed by atoms with Crippen LogP contribution in [0.25, 0.3) is 0 Å². The maximum absolute atomic E-state index is 13.9. The van der Waals surface area contributed by atoms with Crippen LogP contribution in [0.2, 0.25) is 0 Å². The van der Waals surface area contributed by atoms with Gasteiger partial charge in [0.2, 0.25) is 11.8 Å². The van der Waals surface area contributed by atoms with Crippen LogP contribution in [0.15, 0.2) is 24.3 Å². The molecular formula is C27H38N4O4. The number of anilines is 1. The molecule has 0 spiro atoms. The molecule has 4 aliphatic rings. The molecule has 0 N–H and O–H groups in total. The number of fused-ring (bicyclic) bond motifs is 3. The predicted molar refractivity (Wildman–Crippen MR) is 133 cm³/mol. The van der Waals surface area contributed by atoms with Crippen molar-refractivity contribution >= 4 is 23.5 Å². The summed E-state index contributed by atoms with van der Waals surface area (Å²) in [7, 11) is 0. The van der Waals surface area contributed by atoms with Crippen molar-refractivity contribution in [2.75, 3.05) is 63.9 Å². The first-order valence-electron chi connectivity index (χ1n) is 13.3. The fourth-order valence-electron chi connectivity index (χ4n) is 6.37. The Kier molecular flexibility index (Phi) is 7.27. The number of benzene rings is 1. The SMILES string of the molecule is CCOC(=O)C1CCCN(C(=O)C2Cc3ccccc3N3CCN(CC(=O)N4CCCC4)CC23)C1. The van der Waals surface area contributed by atoms with Crippen molar-refractivity contribution in [3.63, 3.8) is 0 Å². The van der Waals surface area contributed by atoms with Crippen LogP contribution in [0.5, 0.6) is 0 Å². The molecule has 2 amide bonds. The summed E-state index contributed by atoms with van der Waals surface area (Å²) in [6.07, 6.45) is 4.49. The summed E-state index contributed by atoms with van der Waals surface area (Å²) in [6, 6.07) is 8.43. The first kappa shape index (κ1) is 24.1. The number of piperidine rings is 1. The molecule has 190 valence electrons. The van der Waals surface area contributed by atoms with E-state index in [2.05, 4.69) is 28.0 Å². The number of ether oxygens (including phenoxy) is 1. The van der Waals surface area contributed by atoms with Crippen LogP contribution in [-0.2, 0) is 25.5 Å². The van der Waals surface area contributed by atoms with E-state index < -0.39 is 0 Å². The number of carbonyl (C=O) groups excluding carboxylic acids is 3. The normalized spacial score (nSPS) is 26.8. The van der Waals surface area contributed by atoms with Crippen LogP contribution in [-0.4, -0.2) is 97.5 Å². The standard InChI is InChI=1S/C27H38N4O4/c1-2-35-27(34)21-9-7-13-30(17-21)26(33)22-16-20-8-3-4-10-23(20)31-15-14-28(18-24(22)31)19-25(32)29-11-5-6-12-29/h3-4,8,10,21-22,24H,2,5-7,9,11-19H2,1H3. The van der Waals surface area contributed by atoms with Crippen molar-refractivity contribution in [3.8, 4) is 0 Å². The maximum atomic E-state index is 13.9. The van der Waals surface area contributed by atoms with E-state index >= 15 is 0 Å². The van der Waals surface area contributed by atoms with Crippen LogP contribution in [0, 0.1) is 11.8 Å². The zero-order chi connectivity index (χ0) is 24.4. The summed E-state index contributed by atoms with van der Waals surface area (Å²) in [4.78, 5) is 47.7. The van der Waals surface area contributed by atoms with Crippen LogP contribution in [0.3, 0.4) is 0 Å². The van der Waals surface area contributed by atoms with Gasteiger partial charge in [-0.1, -0.05) is 18.2 Å². The quantitative estimate of drug-likeness (QED) is 0.596. The zero-order valence-electron chi connectivity index (χ0n) is 20.9. The number of para-hydroxylation sites is 1. The summed E-state index contributed by atoms with van der Waals surface area (Å²) < 4.78 is 5.25. The molecule has 0 radical (unpaired) electrons. The lowest BCUT2D eigenvalue weighted by Gasteiger charge is -2.50. The van der Waals surface area contributed by atoms with Gasteiger partial charge in [0, 0.05) is 51.5 Å². The average Bonchev–Trinajstić information content (AvgIpc) is 3.43. The van der Waals surface area contributed by atoms with Gasteiger partial charge in [-0.25, -0.2) is 0 Å². The first-order valence-corrected chi connectivity index (χ1v) is 13.3. The Labute approximate surface area is 208 Å². The molecule has 8 nitrogen and oxygen atoms in total. The molecule has 3 atom stereocenters. The highest BCUT2D eigenvalue weighted by molar-refractivity contribution is 5.83. The van der Waals surface area contributed by atoms with Crippen molar-refractivity contribution in [2.45, 2.75) is 45.1 Å². The predicted octanol–water partition coefficient (Wildman–Crippen LogP) is 1.77. The smallest absolute Gasteiger partial charge is 0.310 e. The van der Waals surface area contributed by atoms with E-state index in [9.17, 15) is 14.4 Å². The number of amides is 2. The lowest BCUT2D eigenvalue weighted by Crippen LogP contribution is -2.62. The van der Waals surface area contributed by atoms with Gasteiger partial charge >= 0.3 is 5.97 Å². The molecule has 5 rings (SSSR count). The van der Waals surface area contributed by atoms with Gasteiger partial charge in [0.25, 0.3) is 0 Å². The Bertz CT molecular complexity index is 947. The molecule has 0 saturated carbocycles. The van der Waals surface area contributed by atoms with Crippen molar-refractivity contribution in [2.24, 2.45) is 11.8 Å². The maximum Gasteiger partial charge on any atom is 0.310 e. The number of likely N-dealkylation sites (tertiary alicyclic amines) is 2. The van der Waals surface area contributed by atoms with Crippen LogP contribution >= 0.6 is 0 Å². The molecule has 0 aliphatic carbocycles. The molecule has 3 fully saturated rings. The molecule has 1 aromatic carbocycles. The fraction of sp³-hybridized carbons (Fsp3) is 0.667. The average molecular weight is 483 g/mol. The number of hydrogen-bond donors (Lipinski definition) is 0. The molecular weight excluding hydrogens is 444 g/mol. The third kappa shape index (κ3) is 5.03. The molecule has 3 saturated heterocycles. The van der Waals surface area contributed by atoms with E-state index in [1.807, 2.05) is 22.8 Å². The molecule has 35 heavy (non-hydrogen) atoms. The van der Waals surface area contributed by atoms with E-state index in [1.165, 1.54) is 11.3 Å². The Balaban J connectivity index is 1.33. The van der Waals surface area contributed by atoms with Crippen molar-refractivity contribution in [1.82, 2.24) is 14.7 Å². The van der Waals surface area contributed by atoms with Gasteiger partial charge in [-0.2, -0.15) is 0 Å². The monoisotopic (exact) mass is 482 g/mol. The third-order valence-electron chi connectivity index (χ3n) is 8.20. The molecule has 4 aliphatic heterocycles. The van der Waals surface area contributed by atoms with Gasteiger partial charge in [-0.3, -0.25) is 19.3 Å². The van der Waals surface area contributed by atoms with Crippen molar-refractivity contribution in [3.05, 3.63) is 29.8 Å². The number of carbonyl (C=O) groups is 3. The van der Waals surface area contributed by atoms with Gasteiger partial charge in [0.15, 0.2) is 0 Å². The minimum Gasteiger partial charge on any atom is -0.466 e. The van der Waals surface area contributed by atoms with Crippen molar-refractivity contribution < 1.29 is 19.1 Å². The zero-order valence-corrected chi connectivity index (χ0v) is 20.9. The number of hydrogen-bond acceptors (Lipinski definition) is 6. The number of esters is 1. The minimum absolute atomic E-state index is 0.0282. The summed E-state index contributed by atoms with van der Waals surface area (Å²) in [5.74, 6) is -0.263.